The fraction of sp³-hybridized carbons (Fsp3) is 0.500. The van der Waals surface area contributed by atoms with Gasteiger partial charge in [0.2, 0.25) is 5.91 Å². The van der Waals surface area contributed by atoms with Crippen LogP contribution in [0, 0.1) is 13.8 Å². The molecule has 0 bridgehead atoms. The molecule has 1 amide bonds. The SMILES string of the molecule is CCC(C(=O)NCCN1CCN(C)CC1)n1nc(C)c2nn(-c3ccccc3)c(C)c2c1=O. The number of rotatable bonds is 7. The molecule has 3 aromatic rings. The summed E-state index contributed by atoms with van der Waals surface area (Å²) < 4.78 is 3.11. The van der Waals surface area contributed by atoms with Gasteiger partial charge in [0.1, 0.15) is 11.6 Å². The lowest BCUT2D eigenvalue weighted by atomic mass is 10.2. The molecule has 1 aromatic carbocycles. The first-order valence-electron chi connectivity index (χ1n) is 11.6. The van der Waals surface area contributed by atoms with Crippen LogP contribution in [-0.4, -0.2) is 81.6 Å². The number of carbonyl (C=O) groups excluding carboxylic acids is 1. The number of hydrogen-bond donors (Lipinski definition) is 1. The minimum absolute atomic E-state index is 0.173. The van der Waals surface area contributed by atoms with Crippen molar-refractivity contribution in [2.45, 2.75) is 33.2 Å². The molecular formula is C24H33N7O2. The maximum atomic E-state index is 13.5. The second kappa shape index (κ2) is 9.84. The monoisotopic (exact) mass is 451 g/mol. The largest absolute Gasteiger partial charge is 0.353 e. The fourth-order valence-corrected chi connectivity index (χ4v) is 4.41. The molecule has 1 N–H and O–H groups in total. The molecular weight excluding hydrogens is 418 g/mol. The maximum Gasteiger partial charge on any atom is 0.278 e. The van der Waals surface area contributed by atoms with Gasteiger partial charge in [0.05, 0.1) is 22.5 Å². The van der Waals surface area contributed by atoms with Gasteiger partial charge in [-0.05, 0) is 39.4 Å². The van der Waals surface area contributed by atoms with Crippen LogP contribution in [0.25, 0.3) is 16.6 Å². The number of hydrogen-bond acceptors (Lipinski definition) is 6. The molecule has 2 aromatic heterocycles. The van der Waals surface area contributed by atoms with Crippen molar-refractivity contribution in [1.29, 1.82) is 0 Å². The maximum absolute atomic E-state index is 13.5. The van der Waals surface area contributed by atoms with E-state index >= 15 is 0 Å². The van der Waals surface area contributed by atoms with Crippen molar-refractivity contribution in [3.63, 3.8) is 0 Å². The van der Waals surface area contributed by atoms with Crippen molar-refractivity contribution in [3.8, 4) is 5.69 Å². The number of likely N-dealkylation sites (N-methyl/N-ethyl adjacent to an activating group) is 1. The Morgan fingerprint density at radius 1 is 1.09 bits per heavy atom. The Balaban J connectivity index is 1.57. The van der Waals surface area contributed by atoms with Crippen molar-refractivity contribution in [2.75, 3.05) is 46.3 Å². The Morgan fingerprint density at radius 2 is 1.79 bits per heavy atom. The van der Waals surface area contributed by atoms with Gasteiger partial charge in [-0.3, -0.25) is 14.5 Å². The average Bonchev–Trinajstić information content (AvgIpc) is 3.17. The number of nitrogens with one attached hydrogen (secondary N) is 1. The molecule has 9 heteroatoms. The van der Waals surface area contributed by atoms with Crippen molar-refractivity contribution in [3.05, 3.63) is 52.1 Å². The standard InChI is InChI=1S/C24H33N7O2/c1-5-20(23(32)25-11-12-29-15-13-28(4)14-16-29)31-24(33)21-18(3)30(19-9-7-6-8-10-19)27-22(21)17(2)26-31/h6-10,20H,5,11-16H2,1-4H3,(H,25,32). The number of para-hydroxylation sites is 1. The van der Waals surface area contributed by atoms with E-state index in [1.54, 1.807) is 4.68 Å². The molecule has 33 heavy (non-hydrogen) atoms. The molecule has 0 aliphatic carbocycles. The predicted molar refractivity (Wildman–Crippen MR) is 129 cm³/mol. The van der Waals surface area contributed by atoms with E-state index in [1.807, 2.05) is 51.1 Å². The van der Waals surface area contributed by atoms with Crippen molar-refractivity contribution in [1.82, 2.24) is 34.7 Å². The Kier molecular flexibility index (Phi) is 6.90. The highest BCUT2D eigenvalue weighted by Gasteiger charge is 2.25. The molecule has 4 rings (SSSR count). The lowest BCUT2D eigenvalue weighted by Crippen LogP contribution is -2.47. The summed E-state index contributed by atoms with van der Waals surface area (Å²) in [5.74, 6) is -0.173. The Morgan fingerprint density at radius 3 is 2.45 bits per heavy atom. The van der Waals surface area contributed by atoms with Crippen LogP contribution in [0.2, 0.25) is 0 Å². The first-order chi connectivity index (χ1) is 15.9. The molecule has 1 aliphatic heterocycles. The van der Waals surface area contributed by atoms with Gasteiger partial charge in [0.25, 0.3) is 5.56 Å². The van der Waals surface area contributed by atoms with Crippen LogP contribution in [0.5, 0.6) is 0 Å². The van der Waals surface area contributed by atoms with E-state index < -0.39 is 6.04 Å². The molecule has 3 heterocycles. The summed E-state index contributed by atoms with van der Waals surface area (Å²) in [6.07, 6.45) is 0.476. The number of aromatic nitrogens is 4. The van der Waals surface area contributed by atoms with Gasteiger partial charge >= 0.3 is 0 Å². The molecule has 0 radical (unpaired) electrons. The van der Waals surface area contributed by atoms with E-state index in [0.717, 1.165) is 44.1 Å². The van der Waals surface area contributed by atoms with Gasteiger partial charge in [0, 0.05) is 39.3 Å². The lowest BCUT2D eigenvalue weighted by Gasteiger charge is -2.32. The normalized spacial score (nSPS) is 16.2. The van der Waals surface area contributed by atoms with Gasteiger partial charge < -0.3 is 10.2 Å². The van der Waals surface area contributed by atoms with Gasteiger partial charge in [-0.25, -0.2) is 9.36 Å². The Hall–Kier alpha value is -3.04. The van der Waals surface area contributed by atoms with Gasteiger partial charge in [-0.15, -0.1) is 0 Å². The minimum atomic E-state index is -0.660. The molecule has 0 saturated carbocycles. The number of fused-ring (bicyclic) bond motifs is 1. The van der Waals surface area contributed by atoms with Crippen LogP contribution in [0.15, 0.2) is 35.1 Å². The third-order valence-corrected chi connectivity index (χ3v) is 6.45. The first-order valence-corrected chi connectivity index (χ1v) is 11.6. The molecule has 1 aliphatic rings. The number of aryl methyl sites for hydroxylation is 2. The summed E-state index contributed by atoms with van der Waals surface area (Å²) in [5, 5.41) is 12.7. The molecule has 1 unspecified atom stereocenters. The van der Waals surface area contributed by atoms with Crippen LogP contribution < -0.4 is 10.9 Å². The number of benzene rings is 1. The zero-order valence-corrected chi connectivity index (χ0v) is 19.9. The number of carbonyl (C=O) groups is 1. The topological polar surface area (TPSA) is 88.3 Å². The summed E-state index contributed by atoms with van der Waals surface area (Å²) in [5.41, 5.74) is 2.54. The van der Waals surface area contributed by atoms with E-state index in [2.05, 4.69) is 32.4 Å². The smallest absolute Gasteiger partial charge is 0.278 e. The van der Waals surface area contributed by atoms with E-state index in [1.165, 1.54) is 4.68 Å². The molecule has 0 spiro atoms. The summed E-state index contributed by atoms with van der Waals surface area (Å²) in [6.45, 7) is 11.1. The van der Waals surface area contributed by atoms with E-state index in [0.29, 0.717) is 29.6 Å². The number of piperazine rings is 1. The van der Waals surface area contributed by atoms with Gasteiger partial charge in [-0.2, -0.15) is 10.2 Å². The molecule has 1 saturated heterocycles. The Bertz CT molecular complexity index is 1180. The summed E-state index contributed by atoms with van der Waals surface area (Å²) in [7, 11) is 2.12. The van der Waals surface area contributed by atoms with Crippen molar-refractivity contribution in [2.24, 2.45) is 0 Å². The zero-order chi connectivity index (χ0) is 23.5. The molecule has 1 fully saturated rings. The second-order valence-electron chi connectivity index (χ2n) is 8.75. The average molecular weight is 452 g/mol. The highest BCUT2D eigenvalue weighted by atomic mass is 16.2. The molecule has 1 atom stereocenters. The zero-order valence-electron chi connectivity index (χ0n) is 19.9. The van der Waals surface area contributed by atoms with Crippen LogP contribution in [-0.2, 0) is 4.79 Å². The number of amides is 1. The summed E-state index contributed by atoms with van der Waals surface area (Å²) in [4.78, 5) is 31.1. The molecule has 176 valence electrons. The van der Waals surface area contributed by atoms with Crippen LogP contribution in [0.1, 0.15) is 30.8 Å². The lowest BCUT2D eigenvalue weighted by molar-refractivity contribution is -0.124. The van der Waals surface area contributed by atoms with Crippen LogP contribution in [0.3, 0.4) is 0 Å². The van der Waals surface area contributed by atoms with Crippen molar-refractivity contribution >= 4 is 16.8 Å². The fourth-order valence-electron chi connectivity index (χ4n) is 4.41. The number of nitrogens with zero attached hydrogens (tertiary/aromatic N) is 6. The van der Waals surface area contributed by atoms with E-state index in [-0.39, 0.29) is 11.5 Å². The van der Waals surface area contributed by atoms with Crippen LogP contribution in [0.4, 0.5) is 0 Å². The minimum Gasteiger partial charge on any atom is -0.353 e. The Labute approximate surface area is 194 Å². The van der Waals surface area contributed by atoms with Crippen LogP contribution >= 0.6 is 0 Å². The van der Waals surface area contributed by atoms with E-state index in [4.69, 9.17) is 0 Å². The quantitative estimate of drug-likeness (QED) is 0.586. The third-order valence-electron chi connectivity index (χ3n) is 6.45. The first kappa shape index (κ1) is 23.1. The van der Waals surface area contributed by atoms with Gasteiger partial charge in [-0.1, -0.05) is 25.1 Å². The predicted octanol–water partition coefficient (Wildman–Crippen LogP) is 1.51. The molecule has 9 nitrogen and oxygen atoms in total. The third kappa shape index (κ3) is 4.69. The van der Waals surface area contributed by atoms with Crippen molar-refractivity contribution < 1.29 is 4.79 Å². The highest BCUT2D eigenvalue weighted by Crippen LogP contribution is 2.21. The summed E-state index contributed by atoms with van der Waals surface area (Å²) >= 11 is 0. The van der Waals surface area contributed by atoms with Gasteiger partial charge in [0.15, 0.2) is 0 Å². The highest BCUT2D eigenvalue weighted by molar-refractivity contribution is 5.84. The van der Waals surface area contributed by atoms with E-state index in [9.17, 15) is 9.59 Å². The second-order valence-corrected chi connectivity index (χ2v) is 8.75. The summed E-state index contributed by atoms with van der Waals surface area (Å²) in [6, 6.07) is 9.04.